The third-order valence-corrected chi connectivity index (χ3v) is 5.28. The van der Waals surface area contributed by atoms with Crippen molar-refractivity contribution < 1.29 is 9.53 Å². The molecule has 1 aromatic heterocycles. The molecule has 1 aromatic carbocycles. The normalized spacial score (nSPS) is 15.5. The number of nitrogens with two attached hydrogens (primary N) is 1. The second-order valence-electron chi connectivity index (χ2n) is 5.83. The quantitative estimate of drug-likeness (QED) is 0.867. The molecule has 0 aliphatic carbocycles. The zero-order valence-corrected chi connectivity index (χ0v) is 14.2. The van der Waals surface area contributed by atoms with E-state index in [0.717, 1.165) is 35.6 Å². The number of esters is 1. The number of carbonyl (C=O) groups is 1. The molecular formula is C18H22N2O2S. The predicted octanol–water partition coefficient (Wildman–Crippen LogP) is 3.77. The Morgan fingerprint density at radius 2 is 1.91 bits per heavy atom. The minimum atomic E-state index is -0.359. The van der Waals surface area contributed by atoms with Gasteiger partial charge >= 0.3 is 5.97 Å². The molecule has 23 heavy (non-hydrogen) atoms. The third-order valence-electron chi connectivity index (χ3n) is 4.28. The molecule has 3 rings (SSSR count). The first kappa shape index (κ1) is 16.0. The Hall–Kier alpha value is -1.85. The van der Waals surface area contributed by atoms with Gasteiger partial charge in [-0.3, -0.25) is 4.90 Å². The number of nitrogen functional groups attached to an aromatic ring is 1. The summed E-state index contributed by atoms with van der Waals surface area (Å²) in [5.41, 5.74) is 8.63. The van der Waals surface area contributed by atoms with E-state index in [0.29, 0.717) is 10.6 Å². The van der Waals surface area contributed by atoms with Crippen LogP contribution in [0.4, 0.5) is 5.00 Å². The molecule has 0 unspecified atom stereocenters. The van der Waals surface area contributed by atoms with E-state index >= 15 is 0 Å². The molecule has 0 atom stereocenters. The van der Waals surface area contributed by atoms with E-state index in [1.54, 1.807) is 0 Å². The number of likely N-dealkylation sites (tertiary alicyclic amines) is 1. The number of ether oxygens (including phenoxy) is 1. The lowest BCUT2D eigenvalue weighted by molar-refractivity contribution is 0.0603. The number of piperidine rings is 1. The van der Waals surface area contributed by atoms with Crippen molar-refractivity contribution in [3.63, 3.8) is 0 Å². The maximum Gasteiger partial charge on any atom is 0.341 e. The van der Waals surface area contributed by atoms with Crippen LogP contribution in [0.5, 0.6) is 0 Å². The van der Waals surface area contributed by atoms with E-state index in [1.807, 2.05) is 30.3 Å². The number of thiophene rings is 1. The summed E-state index contributed by atoms with van der Waals surface area (Å²) in [5, 5.41) is 0.544. The van der Waals surface area contributed by atoms with E-state index in [2.05, 4.69) is 4.90 Å². The highest BCUT2D eigenvalue weighted by atomic mass is 32.1. The monoisotopic (exact) mass is 330 g/mol. The van der Waals surface area contributed by atoms with Crippen molar-refractivity contribution in [3.8, 4) is 11.1 Å². The fourth-order valence-electron chi connectivity index (χ4n) is 3.14. The number of carbonyl (C=O) groups excluding carboxylic acids is 1. The minimum Gasteiger partial charge on any atom is -0.465 e. The van der Waals surface area contributed by atoms with Crippen molar-refractivity contribution in [2.24, 2.45) is 0 Å². The molecule has 0 bridgehead atoms. The van der Waals surface area contributed by atoms with Gasteiger partial charge < -0.3 is 10.5 Å². The minimum absolute atomic E-state index is 0.359. The molecule has 0 saturated carbocycles. The highest BCUT2D eigenvalue weighted by molar-refractivity contribution is 7.17. The largest absolute Gasteiger partial charge is 0.465 e. The molecule has 0 radical (unpaired) electrons. The van der Waals surface area contributed by atoms with Crippen LogP contribution >= 0.6 is 11.3 Å². The molecule has 2 heterocycles. The first-order valence-electron chi connectivity index (χ1n) is 7.98. The van der Waals surface area contributed by atoms with Crippen molar-refractivity contribution >= 4 is 22.3 Å². The molecule has 0 amide bonds. The van der Waals surface area contributed by atoms with Crippen LogP contribution < -0.4 is 5.73 Å². The summed E-state index contributed by atoms with van der Waals surface area (Å²) < 4.78 is 4.96. The van der Waals surface area contributed by atoms with Crippen molar-refractivity contribution in [3.05, 3.63) is 40.8 Å². The lowest BCUT2D eigenvalue weighted by atomic mass is 10.0. The van der Waals surface area contributed by atoms with E-state index < -0.39 is 0 Å². The number of methoxy groups -OCH3 is 1. The Morgan fingerprint density at radius 1 is 1.22 bits per heavy atom. The number of hydrogen-bond acceptors (Lipinski definition) is 5. The summed E-state index contributed by atoms with van der Waals surface area (Å²) in [7, 11) is 1.40. The van der Waals surface area contributed by atoms with E-state index in [9.17, 15) is 4.79 Å². The van der Waals surface area contributed by atoms with Crippen LogP contribution in [0, 0.1) is 0 Å². The molecule has 5 heteroatoms. The first-order chi connectivity index (χ1) is 11.2. The fourth-order valence-corrected chi connectivity index (χ4v) is 4.27. The lowest BCUT2D eigenvalue weighted by Crippen LogP contribution is -2.28. The van der Waals surface area contributed by atoms with Gasteiger partial charge in [-0.05, 0) is 31.5 Å². The molecule has 122 valence electrons. The Balaban J connectivity index is 2.02. The number of anilines is 1. The molecule has 4 nitrogen and oxygen atoms in total. The summed E-state index contributed by atoms with van der Waals surface area (Å²) >= 11 is 1.51. The van der Waals surface area contributed by atoms with Gasteiger partial charge in [-0.2, -0.15) is 0 Å². The van der Waals surface area contributed by atoms with Gasteiger partial charge in [0, 0.05) is 17.0 Å². The van der Waals surface area contributed by atoms with Gasteiger partial charge in [-0.25, -0.2) is 4.79 Å². The Morgan fingerprint density at radius 3 is 2.57 bits per heavy atom. The van der Waals surface area contributed by atoms with Crippen molar-refractivity contribution in [1.82, 2.24) is 4.90 Å². The molecule has 2 N–H and O–H groups in total. The highest BCUT2D eigenvalue weighted by Gasteiger charge is 2.25. The van der Waals surface area contributed by atoms with Crippen molar-refractivity contribution in [1.29, 1.82) is 0 Å². The lowest BCUT2D eigenvalue weighted by Gasteiger charge is -2.26. The van der Waals surface area contributed by atoms with Crippen LogP contribution in [0.25, 0.3) is 11.1 Å². The number of benzene rings is 1. The number of nitrogens with zero attached hydrogens (tertiary/aromatic N) is 1. The van der Waals surface area contributed by atoms with Gasteiger partial charge in [0.2, 0.25) is 0 Å². The number of hydrogen-bond donors (Lipinski definition) is 1. The standard InChI is InChI=1S/C18H22N2O2S/c1-22-18(21)16-15(13-8-4-2-5-9-13)14(23-17(16)19)12-20-10-6-3-7-11-20/h2,4-5,8-9H,3,6-7,10-12,19H2,1H3. The summed E-state index contributed by atoms with van der Waals surface area (Å²) in [4.78, 5) is 15.8. The fraction of sp³-hybridized carbons (Fsp3) is 0.389. The second kappa shape index (κ2) is 7.15. The van der Waals surface area contributed by atoms with Gasteiger partial charge in [-0.15, -0.1) is 11.3 Å². The summed E-state index contributed by atoms with van der Waals surface area (Å²) in [6.45, 7) is 3.06. The van der Waals surface area contributed by atoms with Crippen LogP contribution in [0.3, 0.4) is 0 Å². The van der Waals surface area contributed by atoms with E-state index in [4.69, 9.17) is 10.5 Å². The Labute approximate surface area is 140 Å². The van der Waals surface area contributed by atoms with Crippen LogP contribution in [0.15, 0.2) is 30.3 Å². The van der Waals surface area contributed by atoms with Crippen LogP contribution in [0.1, 0.15) is 34.5 Å². The van der Waals surface area contributed by atoms with Crippen LogP contribution in [-0.2, 0) is 11.3 Å². The van der Waals surface area contributed by atoms with Gasteiger partial charge in [0.25, 0.3) is 0 Å². The predicted molar refractivity (Wildman–Crippen MR) is 94.6 cm³/mol. The average molecular weight is 330 g/mol. The molecule has 1 saturated heterocycles. The molecule has 1 aliphatic rings. The van der Waals surface area contributed by atoms with Gasteiger partial charge in [0.15, 0.2) is 0 Å². The summed E-state index contributed by atoms with van der Waals surface area (Å²) in [5.74, 6) is -0.359. The maximum atomic E-state index is 12.2. The van der Waals surface area contributed by atoms with Gasteiger partial charge in [0.1, 0.15) is 10.6 Å². The maximum absolute atomic E-state index is 12.2. The van der Waals surface area contributed by atoms with Crippen molar-refractivity contribution in [2.45, 2.75) is 25.8 Å². The Bertz CT molecular complexity index is 676. The average Bonchev–Trinajstić information content (AvgIpc) is 2.91. The zero-order chi connectivity index (χ0) is 16.2. The van der Waals surface area contributed by atoms with E-state index in [-0.39, 0.29) is 5.97 Å². The summed E-state index contributed by atoms with van der Waals surface area (Å²) in [6, 6.07) is 9.98. The molecular weight excluding hydrogens is 308 g/mol. The molecule has 2 aromatic rings. The third kappa shape index (κ3) is 3.41. The zero-order valence-electron chi connectivity index (χ0n) is 13.4. The summed E-state index contributed by atoms with van der Waals surface area (Å²) in [6.07, 6.45) is 3.79. The SMILES string of the molecule is COC(=O)c1c(N)sc(CN2CCCCC2)c1-c1ccccc1. The van der Waals surface area contributed by atoms with Crippen molar-refractivity contribution in [2.75, 3.05) is 25.9 Å². The highest BCUT2D eigenvalue weighted by Crippen LogP contribution is 2.40. The smallest absolute Gasteiger partial charge is 0.341 e. The van der Waals surface area contributed by atoms with Crippen LogP contribution in [0.2, 0.25) is 0 Å². The Kier molecular flexibility index (Phi) is 4.98. The number of rotatable bonds is 4. The molecule has 0 spiro atoms. The molecule has 1 fully saturated rings. The van der Waals surface area contributed by atoms with Gasteiger partial charge in [0.05, 0.1) is 7.11 Å². The second-order valence-corrected chi connectivity index (χ2v) is 6.97. The van der Waals surface area contributed by atoms with E-state index in [1.165, 1.54) is 37.7 Å². The molecule has 1 aliphatic heterocycles. The van der Waals surface area contributed by atoms with Crippen LogP contribution in [-0.4, -0.2) is 31.1 Å². The topological polar surface area (TPSA) is 55.6 Å². The van der Waals surface area contributed by atoms with Gasteiger partial charge in [-0.1, -0.05) is 36.8 Å². The first-order valence-corrected chi connectivity index (χ1v) is 8.79.